The maximum Gasteiger partial charge on any atom is 0.188 e. The molecule has 0 N–H and O–H groups in total. The number of para-hydroxylation sites is 1. The zero-order valence-corrected chi connectivity index (χ0v) is 15.4. The van der Waals surface area contributed by atoms with Crippen LogP contribution in [0.3, 0.4) is 0 Å². The lowest BCUT2D eigenvalue weighted by Gasteiger charge is -2.13. The normalized spacial score (nSPS) is 17.2. The van der Waals surface area contributed by atoms with Gasteiger partial charge in [0.2, 0.25) is 0 Å². The van der Waals surface area contributed by atoms with Gasteiger partial charge in [0.05, 0.1) is 6.04 Å². The zero-order chi connectivity index (χ0) is 18.1. The van der Waals surface area contributed by atoms with Gasteiger partial charge in [-0.25, -0.2) is 9.67 Å². The molecule has 0 atom stereocenters. The SMILES string of the molecule is c1ccc(OCc2nc(-c3noc4c3CCCC4)n(C3CCCC3)n2)cc1. The first-order chi connectivity index (χ1) is 13.4. The van der Waals surface area contributed by atoms with Gasteiger partial charge in [-0.3, -0.25) is 0 Å². The first kappa shape index (κ1) is 16.5. The number of hydrogen-bond acceptors (Lipinski definition) is 5. The second kappa shape index (κ2) is 7.18. The Kier molecular flexibility index (Phi) is 4.40. The summed E-state index contributed by atoms with van der Waals surface area (Å²) in [7, 11) is 0. The number of aromatic nitrogens is 4. The molecule has 140 valence electrons. The third kappa shape index (κ3) is 3.24. The predicted molar refractivity (Wildman–Crippen MR) is 100 cm³/mol. The standard InChI is InChI=1S/C21H24N4O2/c1-2-10-16(11-3-1)26-14-19-22-21(25(23-19)15-8-4-5-9-15)20-17-12-6-7-13-18(17)27-24-20/h1-3,10-11,15H,4-9,12-14H2. The van der Waals surface area contributed by atoms with Crippen molar-refractivity contribution in [2.45, 2.75) is 64.0 Å². The third-order valence-corrected chi connectivity index (χ3v) is 5.62. The Hall–Kier alpha value is -2.63. The van der Waals surface area contributed by atoms with E-state index in [9.17, 15) is 0 Å². The maximum atomic E-state index is 5.87. The van der Waals surface area contributed by atoms with Gasteiger partial charge >= 0.3 is 0 Å². The van der Waals surface area contributed by atoms with Crippen LogP contribution in [0.2, 0.25) is 0 Å². The minimum atomic E-state index is 0.358. The van der Waals surface area contributed by atoms with E-state index in [0.29, 0.717) is 18.5 Å². The highest BCUT2D eigenvalue weighted by atomic mass is 16.5. The first-order valence-electron chi connectivity index (χ1n) is 9.99. The molecule has 3 aromatic rings. The highest BCUT2D eigenvalue weighted by Gasteiger charge is 2.28. The van der Waals surface area contributed by atoms with E-state index in [0.717, 1.165) is 48.7 Å². The van der Waals surface area contributed by atoms with Crippen molar-refractivity contribution in [1.29, 1.82) is 0 Å². The predicted octanol–water partition coefficient (Wildman–Crippen LogP) is 4.51. The minimum absolute atomic E-state index is 0.358. The van der Waals surface area contributed by atoms with E-state index in [1.807, 2.05) is 30.3 Å². The van der Waals surface area contributed by atoms with Gasteiger partial charge in [-0.15, -0.1) is 0 Å². The molecule has 0 aliphatic heterocycles. The fraction of sp³-hybridized carbons (Fsp3) is 0.476. The maximum absolute atomic E-state index is 5.87. The van der Waals surface area contributed by atoms with Crippen molar-refractivity contribution in [3.63, 3.8) is 0 Å². The molecule has 5 rings (SSSR count). The van der Waals surface area contributed by atoms with E-state index >= 15 is 0 Å². The Morgan fingerprint density at radius 2 is 1.85 bits per heavy atom. The molecule has 2 aliphatic carbocycles. The lowest BCUT2D eigenvalue weighted by molar-refractivity contribution is 0.294. The van der Waals surface area contributed by atoms with Crippen LogP contribution in [0.4, 0.5) is 0 Å². The topological polar surface area (TPSA) is 66.0 Å². The van der Waals surface area contributed by atoms with Crippen LogP contribution in [0.25, 0.3) is 11.5 Å². The molecule has 1 saturated carbocycles. The lowest BCUT2D eigenvalue weighted by atomic mass is 9.96. The molecular weight excluding hydrogens is 340 g/mol. The van der Waals surface area contributed by atoms with Crippen LogP contribution in [0.15, 0.2) is 34.9 Å². The Labute approximate surface area is 158 Å². The molecule has 0 spiro atoms. The average Bonchev–Trinajstić information content (AvgIpc) is 3.45. The molecule has 0 radical (unpaired) electrons. The van der Waals surface area contributed by atoms with E-state index in [1.54, 1.807) is 0 Å². The number of hydrogen-bond donors (Lipinski definition) is 0. The van der Waals surface area contributed by atoms with Crippen LogP contribution in [0.1, 0.15) is 61.7 Å². The largest absolute Gasteiger partial charge is 0.486 e. The van der Waals surface area contributed by atoms with Crippen molar-refractivity contribution in [2.75, 3.05) is 0 Å². The minimum Gasteiger partial charge on any atom is -0.486 e. The molecule has 0 amide bonds. The summed E-state index contributed by atoms with van der Waals surface area (Å²) >= 11 is 0. The molecule has 2 aromatic heterocycles. The fourth-order valence-corrected chi connectivity index (χ4v) is 4.22. The summed E-state index contributed by atoms with van der Waals surface area (Å²) in [5, 5.41) is 9.20. The molecular formula is C21H24N4O2. The molecule has 1 fully saturated rings. The molecule has 0 unspecified atom stereocenters. The Morgan fingerprint density at radius 1 is 1.04 bits per heavy atom. The van der Waals surface area contributed by atoms with E-state index in [2.05, 4.69) is 9.84 Å². The monoisotopic (exact) mass is 364 g/mol. The molecule has 1 aromatic carbocycles. The van der Waals surface area contributed by atoms with Gasteiger partial charge in [-0.05, 0) is 44.2 Å². The number of ether oxygens (including phenoxy) is 1. The van der Waals surface area contributed by atoms with E-state index in [-0.39, 0.29) is 0 Å². The van der Waals surface area contributed by atoms with Crippen molar-refractivity contribution in [3.8, 4) is 17.3 Å². The second-order valence-electron chi connectivity index (χ2n) is 7.48. The molecule has 6 nitrogen and oxygen atoms in total. The highest BCUT2D eigenvalue weighted by Crippen LogP contribution is 2.35. The third-order valence-electron chi connectivity index (χ3n) is 5.62. The van der Waals surface area contributed by atoms with E-state index < -0.39 is 0 Å². The van der Waals surface area contributed by atoms with Gasteiger partial charge in [-0.1, -0.05) is 36.2 Å². The lowest BCUT2D eigenvalue weighted by Crippen LogP contribution is -2.10. The van der Waals surface area contributed by atoms with Crippen molar-refractivity contribution in [1.82, 2.24) is 19.9 Å². The van der Waals surface area contributed by atoms with Gasteiger partial charge in [-0.2, -0.15) is 5.10 Å². The van der Waals surface area contributed by atoms with Crippen LogP contribution in [0, 0.1) is 0 Å². The van der Waals surface area contributed by atoms with Crippen molar-refractivity contribution in [2.24, 2.45) is 0 Å². The van der Waals surface area contributed by atoms with Gasteiger partial charge in [0, 0.05) is 12.0 Å². The summed E-state index contributed by atoms with van der Waals surface area (Å²) in [4.78, 5) is 4.82. The molecule has 6 heteroatoms. The summed E-state index contributed by atoms with van der Waals surface area (Å²) in [6.07, 6.45) is 9.14. The summed E-state index contributed by atoms with van der Waals surface area (Å²) in [5.74, 6) is 3.41. The summed E-state index contributed by atoms with van der Waals surface area (Å²) < 4.78 is 13.6. The molecule has 0 bridgehead atoms. The Balaban J connectivity index is 1.47. The van der Waals surface area contributed by atoms with Gasteiger partial charge in [0.1, 0.15) is 18.1 Å². The highest BCUT2D eigenvalue weighted by molar-refractivity contribution is 5.56. The number of rotatable bonds is 5. The Morgan fingerprint density at radius 3 is 2.70 bits per heavy atom. The van der Waals surface area contributed by atoms with Crippen molar-refractivity contribution < 1.29 is 9.26 Å². The van der Waals surface area contributed by atoms with Gasteiger partial charge in [0.15, 0.2) is 17.3 Å². The number of benzene rings is 1. The van der Waals surface area contributed by atoms with Crippen LogP contribution in [0.5, 0.6) is 5.75 Å². The summed E-state index contributed by atoms with van der Waals surface area (Å²) in [6, 6.07) is 10.2. The zero-order valence-electron chi connectivity index (χ0n) is 15.4. The quantitative estimate of drug-likeness (QED) is 0.666. The van der Waals surface area contributed by atoms with E-state index in [1.165, 1.54) is 31.2 Å². The second-order valence-corrected chi connectivity index (χ2v) is 7.48. The molecule has 27 heavy (non-hydrogen) atoms. The van der Waals surface area contributed by atoms with E-state index in [4.69, 9.17) is 19.3 Å². The first-order valence-corrected chi connectivity index (χ1v) is 9.99. The summed E-state index contributed by atoms with van der Waals surface area (Å²) in [6.45, 7) is 0.358. The van der Waals surface area contributed by atoms with Crippen molar-refractivity contribution >= 4 is 0 Å². The molecule has 2 aliphatic rings. The smallest absolute Gasteiger partial charge is 0.188 e. The number of aryl methyl sites for hydroxylation is 1. The van der Waals surface area contributed by atoms with Crippen LogP contribution in [-0.2, 0) is 19.4 Å². The fourth-order valence-electron chi connectivity index (χ4n) is 4.22. The average molecular weight is 364 g/mol. The van der Waals surface area contributed by atoms with Gasteiger partial charge in [0.25, 0.3) is 0 Å². The number of nitrogens with zero attached hydrogens (tertiary/aromatic N) is 4. The molecule has 2 heterocycles. The Bertz CT molecular complexity index is 910. The van der Waals surface area contributed by atoms with Crippen LogP contribution in [-0.4, -0.2) is 19.9 Å². The number of fused-ring (bicyclic) bond motifs is 1. The van der Waals surface area contributed by atoms with Crippen molar-refractivity contribution in [3.05, 3.63) is 47.5 Å². The van der Waals surface area contributed by atoms with Crippen LogP contribution >= 0.6 is 0 Å². The summed E-state index contributed by atoms with van der Waals surface area (Å²) in [5.41, 5.74) is 2.11. The molecule has 0 saturated heterocycles. The van der Waals surface area contributed by atoms with Gasteiger partial charge < -0.3 is 9.26 Å². The van der Waals surface area contributed by atoms with Crippen LogP contribution < -0.4 is 4.74 Å².